The summed E-state index contributed by atoms with van der Waals surface area (Å²) in [6, 6.07) is 4.17. The molecule has 1 heterocycles. The number of anilines is 1. The summed E-state index contributed by atoms with van der Waals surface area (Å²) in [5.41, 5.74) is 1.03. The van der Waals surface area contributed by atoms with Crippen LogP contribution in [-0.2, 0) is 4.79 Å². The van der Waals surface area contributed by atoms with Crippen LogP contribution < -0.4 is 10.2 Å². The van der Waals surface area contributed by atoms with Crippen molar-refractivity contribution in [3.63, 3.8) is 0 Å². The predicted octanol–water partition coefficient (Wildman–Crippen LogP) is 1.60. The van der Waals surface area contributed by atoms with Gasteiger partial charge >= 0.3 is 0 Å². The number of rotatable bonds is 3. The Labute approximate surface area is 111 Å². The number of nitrogens with one attached hydrogen (secondary N) is 1. The van der Waals surface area contributed by atoms with Gasteiger partial charge < -0.3 is 10.2 Å². The third kappa shape index (κ3) is 2.92. The molecule has 1 atom stereocenters. The molecule has 1 unspecified atom stereocenters. The average Bonchev–Trinajstić information content (AvgIpc) is 2.46. The van der Waals surface area contributed by atoms with Crippen LogP contribution in [0.3, 0.4) is 0 Å². The number of hydrogen-bond acceptors (Lipinski definition) is 3. The number of carbonyl (C=O) groups is 2. The van der Waals surface area contributed by atoms with Gasteiger partial charge in [-0.15, -0.1) is 0 Å². The highest BCUT2D eigenvalue weighted by Crippen LogP contribution is 2.26. The van der Waals surface area contributed by atoms with Gasteiger partial charge in [-0.2, -0.15) is 0 Å². The van der Waals surface area contributed by atoms with Gasteiger partial charge in [0.2, 0.25) is 5.91 Å². The molecule has 1 amide bonds. The molecule has 2 rings (SSSR count). The molecule has 1 aromatic rings. The summed E-state index contributed by atoms with van der Waals surface area (Å²) in [5.74, 6) is -0.492. The molecule has 1 aliphatic rings. The lowest BCUT2D eigenvalue weighted by Gasteiger charge is -2.34. The van der Waals surface area contributed by atoms with E-state index in [1.807, 2.05) is 4.90 Å². The fourth-order valence-corrected chi connectivity index (χ4v) is 2.52. The van der Waals surface area contributed by atoms with Gasteiger partial charge in [0.25, 0.3) is 0 Å². The van der Waals surface area contributed by atoms with Crippen molar-refractivity contribution in [2.45, 2.75) is 12.8 Å². The van der Waals surface area contributed by atoms with Gasteiger partial charge in [0.15, 0.2) is 6.29 Å². The summed E-state index contributed by atoms with van der Waals surface area (Å²) < 4.78 is 13.1. The Kier molecular flexibility index (Phi) is 4.14. The van der Waals surface area contributed by atoms with E-state index in [-0.39, 0.29) is 11.8 Å². The summed E-state index contributed by atoms with van der Waals surface area (Å²) in [6.45, 7) is 1.34. The maximum absolute atomic E-state index is 13.1. The normalized spacial score (nSPS) is 19.1. The molecule has 0 radical (unpaired) electrons. The van der Waals surface area contributed by atoms with Crippen molar-refractivity contribution in [1.82, 2.24) is 5.32 Å². The van der Waals surface area contributed by atoms with Gasteiger partial charge in [-0.3, -0.25) is 9.59 Å². The van der Waals surface area contributed by atoms with Gasteiger partial charge in [0, 0.05) is 31.4 Å². The van der Waals surface area contributed by atoms with Gasteiger partial charge in [-0.1, -0.05) is 0 Å². The van der Waals surface area contributed by atoms with Crippen LogP contribution >= 0.6 is 0 Å². The number of nitrogens with zero attached hydrogens (tertiary/aromatic N) is 1. The summed E-state index contributed by atoms with van der Waals surface area (Å²) in [7, 11) is 1.62. The van der Waals surface area contributed by atoms with Crippen molar-refractivity contribution in [1.29, 1.82) is 0 Å². The minimum absolute atomic E-state index is 0.0134. The smallest absolute Gasteiger partial charge is 0.224 e. The number of amides is 1. The Morgan fingerprint density at radius 1 is 1.53 bits per heavy atom. The summed E-state index contributed by atoms with van der Waals surface area (Å²) in [4.78, 5) is 24.7. The summed E-state index contributed by atoms with van der Waals surface area (Å²) >= 11 is 0. The largest absolute Gasteiger partial charge is 0.370 e. The van der Waals surface area contributed by atoms with E-state index in [9.17, 15) is 14.0 Å². The lowest BCUT2D eigenvalue weighted by molar-refractivity contribution is -0.124. The SMILES string of the molecule is CNC(=O)C1CCCN(c2ccc(F)cc2C=O)C1. The first-order valence-corrected chi connectivity index (χ1v) is 6.37. The van der Waals surface area contributed by atoms with E-state index in [0.717, 1.165) is 19.4 Å². The van der Waals surface area contributed by atoms with E-state index in [4.69, 9.17) is 0 Å². The molecule has 0 bridgehead atoms. The zero-order chi connectivity index (χ0) is 13.8. The van der Waals surface area contributed by atoms with E-state index in [1.165, 1.54) is 12.1 Å². The molecule has 0 aliphatic carbocycles. The molecular weight excluding hydrogens is 247 g/mol. The van der Waals surface area contributed by atoms with Crippen LogP contribution in [0.5, 0.6) is 0 Å². The maximum atomic E-state index is 13.1. The minimum atomic E-state index is -0.425. The fourth-order valence-electron chi connectivity index (χ4n) is 2.52. The number of carbonyl (C=O) groups excluding carboxylic acids is 2. The molecule has 19 heavy (non-hydrogen) atoms. The van der Waals surface area contributed by atoms with Gasteiger partial charge in [0.1, 0.15) is 5.82 Å². The lowest BCUT2D eigenvalue weighted by Crippen LogP contribution is -2.42. The first-order chi connectivity index (χ1) is 9.15. The second-order valence-corrected chi connectivity index (χ2v) is 4.72. The molecule has 0 aromatic heterocycles. The average molecular weight is 264 g/mol. The van der Waals surface area contributed by atoms with Gasteiger partial charge in [0.05, 0.1) is 5.92 Å². The Morgan fingerprint density at radius 3 is 3.00 bits per heavy atom. The van der Waals surface area contributed by atoms with Crippen LogP contribution in [0.25, 0.3) is 0 Å². The van der Waals surface area contributed by atoms with Crippen LogP contribution in [0.2, 0.25) is 0 Å². The predicted molar refractivity (Wildman–Crippen MR) is 70.8 cm³/mol. The molecule has 5 heteroatoms. The van der Waals surface area contributed by atoms with Crippen molar-refractivity contribution in [3.8, 4) is 0 Å². The van der Waals surface area contributed by atoms with Crippen molar-refractivity contribution in [2.24, 2.45) is 5.92 Å². The van der Waals surface area contributed by atoms with E-state index in [2.05, 4.69) is 5.32 Å². The Bertz CT molecular complexity index is 490. The van der Waals surface area contributed by atoms with Crippen LogP contribution in [0.15, 0.2) is 18.2 Å². The van der Waals surface area contributed by atoms with Crippen LogP contribution in [0.1, 0.15) is 23.2 Å². The molecule has 0 spiro atoms. The maximum Gasteiger partial charge on any atom is 0.224 e. The monoisotopic (exact) mass is 264 g/mol. The van der Waals surface area contributed by atoms with Crippen molar-refractivity contribution < 1.29 is 14.0 Å². The zero-order valence-corrected chi connectivity index (χ0v) is 10.9. The Balaban J connectivity index is 2.21. The highest BCUT2D eigenvalue weighted by molar-refractivity contribution is 5.85. The van der Waals surface area contributed by atoms with Crippen LogP contribution in [0, 0.1) is 11.7 Å². The number of aldehydes is 1. The Morgan fingerprint density at radius 2 is 2.32 bits per heavy atom. The number of hydrogen-bond donors (Lipinski definition) is 1. The van der Waals surface area contributed by atoms with Crippen molar-refractivity contribution >= 4 is 17.9 Å². The third-order valence-corrected chi connectivity index (χ3v) is 3.50. The van der Waals surface area contributed by atoms with E-state index < -0.39 is 5.82 Å². The van der Waals surface area contributed by atoms with E-state index in [0.29, 0.717) is 24.1 Å². The lowest BCUT2D eigenvalue weighted by atomic mass is 9.96. The topological polar surface area (TPSA) is 49.4 Å². The Hall–Kier alpha value is -1.91. The fraction of sp³-hybridized carbons (Fsp3) is 0.429. The quantitative estimate of drug-likeness (QED) is 0.844. The number of halogens is 1. The zero-order valence-electron chi connectivity index (χ0n) is 10.9. The van der Waals surface area contributed by atoms with Gasteiger partial charge in [-0.25, -0.2) is 4.39 Å². The van der Waals surface area contributed by atoms with Crippen molar-refractivity contribution in [2.75, 3.05) is 25.0 Å². The number of piperidine rings is 1. The van der Waals surface area contributed by atoms with Crippen LogP contribution in [0.4, 0.5) is 10.1 Å². The molecule has 1 aliphatic heterocycles. The highest BCUT2D eigenvalue weighted by Gasteiger charge is 2.26. The second-order valence-electron chi connectivity index (χ2n) is 4.72. The standard InChI is InChI=1S/C14H17FN2O2/c1-16-14(19)10-3-2-6-17(8-10)13-5-4-12(15)7-11(13)9-18/h4-5,7,9-10H,2-3,6,8H2,1H3,(H,16,19). The number of benzene rings is 1. The second kappa shape index (κ2) is 5.82. The highest BCUT2D eigenvalue weighted by atomic mass is 19.1. The molecule has 0 saturated carbocycles. The molecular formula is C14H17FN2O2. The molecule has 1 aromatic carbocycles. The van der Waals surface area contributed by atoms with Crippen LogP contribution in [-0.4, -0.2) is 32.3 Å². The minimum Gasteiger partial charge on any atom is -0.370 e. The first-order valence-electron chi connectivity index (χ1n) is 6.37. The molecule has 102 valence electrons. The van der Waals surface area contributed by atoms with E-state index in [1.54, 1.807) is 13.1 Å². The molecule has 1 fully saturated rings. The molecule has 1 N–H and O–H groups in total. The summed E-state index contributed by atoms with van der Waals surface area (Å²) in [5, 5.41) is 2.65. The summed E-state index contributed by atoms with van der Waals surface area (Å²) in [6.07, 6.45) is 2.38. The van der Waals surface area contributed by atoms with Crippen molar-refractivity contribution in [3.05, 3.63) is 29.6 Å². The van der Waals surface area contributed by atoms with Gasteiger partial charge in [-0.05, 0) is 31.0 Å². The molecule has 4 nitrogen and oxygen atoms in total. The first kappa shape index (κ1) is 13.5. The third-order valence-electron chi connectivity index (χ3n) is 3.50. The van der Waals surface area contributed by atoms with E-state index >= 15 is 0 Å². The molecule has 1 saturated heterocycles.